The van der Waals surface area contributed by atoms with Crippen LogP contribution in [0.2, 0.25) is 0 Å². The van der Waals surface area contributed by atoms with Crippen molar-refractivity contribution < 1.29 is 8.78 Å². The molecule has 0 aliphatic rings. The molecule has 22 heavy (non-hydrogen) atoms. The van der Waals surface area contributed by atoms with Crippen molar-refractivity contribution in [2.24, 2.45) is 4.99 Å². The van der Waals surface area contributed by atoms with Gasteiger partial charge in [-0.2, -0.15) is 0 Å². The van der Waals surface area contributed by atoms with E-state index < -0.39 is 11.6 Å². The molecule has 2 rings (SSSR count). The topological polar surface area (TPSA) is 49.3 Å². The van der Waals surface area contributed by atoms with E-state index in [4.69, 9.17) is 0 Å². The highest BCUT2D eigenvalue weighted by atomic mass is 32.1. The molecule has 0 bridgehead atoms. The van der Waals surface area contributed by atoms with Crippen LogP contribution in [0.1, 0.15) is 15.4 Å². The third-order valence-electron chi connectivity index (χ3n) is 2.93. The van der Waals surface area contributed by atoms with E-state index in [1.54, 1.807) is 18.4 Å². The molecule has 0 atom stereocenters. The Morgan fingerprint density at radius 2 is 1.95 bits per heavy atom. The van der Waals surface area contributed by atoms with Crippen LogP contribution >= 0.6 is 11.3 Å². The number of halogens is 2. The summed E-state index contributed by atoms with van der Waals surface area (Å²) in [5.41, 5.74) is 0.607. The summed E-state index contributed by atoms with van der Waals surface area (Å²) < 4.78 is 26.2. The predicted molar refractivity (Wildman–Crippen MR) is 85.1 cm³/mol. The van der Waals surface area contributed by atoms with E-state index in [2.05, 4.69) is 20.6 Å². The second-order valence-corrected chi connectivity index (χ2v) is 6.06. The van der Waals surface area contributed by atoms with Crippen LogP contribution in [-0.4, -0.2) is 24.5 Å². The molecule has 1 heterocycles. The molecule has 4 nitrogen and oxygen atoms in total. The highest BCUT2D eigenvalue weighted by molar-refractivity contribution is 7.11. The van der Waals surface area contributed by atoms with Crippen molar-refractivity contribution in [3.63, 3.8) is 0 Å². The summed E-state index contributed by atoms with van der Waals surface area (Å²) in [5, 5.41) is 7.23. The predicted octanol–water partition coefficient (Wildman–Crippen LogP) is 2.64. The number of thiazole rings is 1. The van der Waals surface area contributed by atoms with Gasteiger partial charge in [-0.1, -0.05) is 0 Å². The Bertz CT molecular complexity index is 634. The average Bonchev–Trinajstić information content (AvgIpc) is 2.87. The number of guanidine groups is 1. The normalized spacial score (nSPS) is 11.5. The van der Waals surface area contributed by atoms with E-state index in [9.17, 15) is 8.78 Å². The molecule has 7 heteroatoms. The first kappa shape index (κ1) is 16.4. The lowest BCUT2D eigenvalue weighted by molar-refractivity contribution is 0.579. The fourth-order valence-electron chi connectivity index (χ4n) is 1.94. The average molecular weight is 324 g/mol. The van der Waals surface area contributed by atoms with Gasteiger partial charge in [-0.15, -0.1) is 11.3 Å². The van der Waals surface area contributed by atoms with Gasteiger partial charge in [-0.05, 0) is 31.0 Å². The standard InChI is InChI=1S/C15H18F2N4S/c1-10-8-20-14(22-10)9-21-15(18-2)19-4-3-11-5-12(16)7-13(17)6-11/h5-8H,3-4,9H2,1-2H3,(H2,18,19,21). The van der Waals surface area contributed by atoms with Crippen molar-refractivity contribution in [3.05, 3.63) is 51.5 Å². The molecule has 0 saturated heterocycles. The summed E-state index contributed by atoms with van der Waals surface area (Å²) in [4.78, 5) is 9.52. The smallest absolute Gasteiger partial charge is 0.191 e. The first-order chi connectivity index (χ1) is 10.6. The van der Waals surface area contributed by atoms with E-state index in [0.29, 0.717) is 31.0 Å². The molecule has 1 aromatic heterocycles. The Morgan fingerprint density at radius 3 is 2.55 bits per heavy atom. The van der Waals surface area contributed by atoms with Gasteiger partial charge in [0.2, 0.25) is 0 Å². The maximum absolute atomic E-state index is 13.1. The summed E-state index contributed by atoms with van der Waals surface area (Å²) in [5.74, 6) is -0.488. The van der Waals surface area contributed by atoms with E-state index in [1.807, 2.05) is 13.1 Å². The fourth-order valence-corrected chi connectivity index (χ4v) is 2.67. The number of hydrogen-bond acceptors (Lipinski definition) is 3. The molecule has 118 valence electrons. The van der Waals surface area contributed by atoms with Crippen LogP contribution in [0.5, 0.6) is 0 Å². The molecule has 2 aromatic rings. The lowest BCUT2D eigenvalue weighted by Gasteiger charge is -2.11. The van der Waals surface area contributed by atoms with Gasteiger partial charge in [0.25, 0.3) is 0 Å². The van der Waals surface area contributed by atoms with Gasteiger partial charge in [-0.3, -0.25) is 4.99 Å². The molecule has 0 unspecified atom stereocenters. The van der Waals surface area contributed by atoms with Crippen LogP contribution in [0.3, 0.4) is 0 Å². The van der Waals surface area contributed by atoms with Gasteiger partial charge < -0.3 is 10.6 Å². The molecule has 0 radical (unpaired) electrons. The molecular weight excluding hydrogens is 306 g/mol. The Labute approximate surface area is 132 Å². The minimum atomic E-state index is -0.559. The largest absolute Gasteiger partial charge is 0.356 e. The number of rotatable bonds is 5. The first-order valence-electron chi connectivity index (χ1n) is 6.87. The number of benzene rings is 1. The van der Waals surface area contributed by atoms with Crippen LogP contribution in [-0.2, 0) is 13.0 Å². The molecule has 1 aromatic carbocycles. The van der Waals surface area contributed by atoms with E-state index in [0.717, 1.165) is 16.0 Å². The van der Waals surface area contributed by atoms with Crippen LogP contribution in [0.25, 0.3) is 0 Å². The van der Waals surface area contributed by atoms with Crippen molar-refractivity contribution in [1.82, 2.24) is 15.6 Å². The number of nitrogens with one attached hydrogen (secondary N) is 2. The van der Waals surface area contributed by atoms with Crippen molar-refractivity contribution in [2.75, 3.05) is 13.6 Å². The van der Waals surface area contributed by atoms with Crippen LogP contribution in [0.15, 0.2) is 29.4 Å². The maximum Gasteiger partial charge on any atom is 0.191 e. The van der Waals surface area contributed by atoms with Gasteiger partial charge in [0.1, 0.15) is 16.6 Å². The highest BCUT2D eigenvalue weighted by Crippen LogP contribution is 2.10. The van der Waals surface area contributed by atoms with Gasteiger partial charge in [0.15, 0.2) is 5.96 Å². The summed E-state index contributed by atoms with van der Waals surface area (Å²) in [6, 6.07) is 3.53. The number of aryl methyl sites for hydroxylation is 1. The van der Waals surface area contributed by atoms with Crippen LogP contribution < -0.4 is 10.6 Å². The van der Waals surface area contributed by atoms with Crippen LogP contribution in [0.4, 0.5) is 8.78 Å². The molecule has 0 saturated carbocycles. The van der Waals surface area contributed by atoms with E-state index in [-0.39, 0.29) is 0 Å². The third-order valence-corrected chi connectivity index (χ3v) is 3.84. The molecule has 0 amide bonds. The van der Waals surface area contributed by atoms with Gasteiger partial charge in [0.05, 0.1) is 6.54 Å². The summed E-state index contributed by atoms with van der Waals surface area (Å²) in [6.07, 6.45) is 2.34. The fraction of sp³-hybridized carbons (Fsp3) is 0.333. The zero-order valence-corrected chi connectivity index (χ0v) is 13.3. The third kappa shape index (κ3) is 5.07. The van der Waals surface area contributed by atoms with Gasteiger partial charge in [-0.25, -0.2) is 13.8 Å². The second-order valence-electron chi connectivity index (χ2n) is 4.74. The monoisotopic (exact) mass is 324 g/mol. The van der Waals surface area contributed by atoms with Gasteiger partial charge in [0, 0.05) is 30.7 Å². The molecule has 0 fully saturated rings. The quantitative estimate of drug-likeness (QED) is 0.657. The Hall–Kier alpha value is -2.02. The first-order valence-corrected chi connectivity index (χ1v) is 7.69. The number of aromatic nitrogens is 1. The van der Waals surface area contributed by atoms with Crippen molar-refractivity contribution >= 4 is 17.3 Å². The summed E-state index contributed by atoms with van der Waals surface area (Å²) in [6.45, 7) is 3.12. The Balaban J connectivity index is 1.78. The van der Waals surface area contributed by atoms with Crippen molar-refractivity contribution in [3.8, 4) is 0 Å². The molecule has 0 aliphatic heterocycles. The lowest BCUT2D eigenvalue weighted by Crippen LogP contribution is -2.37. The van der Waals surface area contributed by atoms with Gasteiger partial charge >= 0.3 is 0 Å². The SMILES string of the molecule is CN=C(NCCc1cc(F)cc(F)c1)NCc1ncc(C)s1. The summed E-state index contributed by atoms with van der Waals surface area (Å²) >= 11 is 1.62. The lowest BCUT2D eigenvalue weighted by atomic mass is 10.1. The van der Waals surface area contributed by atoms with Crippen LogP contribution in [0, 0.1) is 18.6 Å². The number of aliphatic imine (C=N–C) groups is 1. The second kappa shape index (κ2) is 7.84. The number of nitrogens with zero attached hydrogens (tertiary/aromatic N) is 2. The minimum Gasteiger partial charge on any atom is -0.356 e. The van der Waals surface area contributed by atoms with Crippen molar-refractivity contribution in [1.29, 1.82) is 0 Å². The minimum absolute atomic E-state index is 0.506. The zero-order valence-electron chi connectivity index (χ0n) is 12.5. The maximum atomic E-state index is 13.1. The number of hydrogen-bond donors (Lipinski definition) is 2. The van der Waals surface area contributed by atoms with E-state index >= 15 is 0 Å². The van der Waals surface area contributed by atoms with Crippen molar-refractivity contribution in [2.45, 2.75) is 19.9 Å². The summed E-state index contributed by atoms with van der Waals surface area (Å²) in [7, 11) is 1.67. The molecular formula is C15H18F2N4S. The molecule has 0 spiro atoms. The molecule has 2 N–H and O–H groups in total. The molecule has 0 aliphatic carbocycles. The Morgan fingerprint density at radius 1 is 1.23 bits per heavy atom. The van der Waals surface area contributed by atoms with E-state index in [1.165, 1.54) is 12.1 Å². The Kier molecular flexibility index (Phi) is 5.83. The zero-order chi connectivity index (χ0) is 15.9. The highest BCUT2D eigenvalue weighted by Gasteiger charge is 2.03.